The van der Waals surface area contributed by atoms with Gasteiger partial charge in [-0.15, -0.1) is 0 Å². The molecule has 0 spiro atoms. The zero-order valence-corrected chi connectivity index (χ0v) is 10.1. The minimum absolute atomic E-state index is 0.0641. The van der Waals surface area contributed by atoms with Crippen molar-refractivity contribution in [1.82, 2.24) is 5.32 Å². The van der Waals surface area contributed by atoms with Crippen molar-refractivity contribution in [3.63, 3.8) is 0 Å². The third-order valence-electron chi connectivity index (χ3n) is 4.11. The van der Waals surface area contributed by atoms with Crippen molar-refractivity contribution in [2.45, 2.75) is 57.4 Å². The van der Waals surface area contributed by atoms with E-state index in [-0.39, 0.29) is 17.9 Å². The lowest BCUT2D eigenvalue weighted by atomic mass is 9.78. The quantitative estimate of drug-likeness (QED) is 0.783. The third kappa shape index (κ3) is 2.99. The predicted molar refractivity (Wildman–Crippen MR) is 60.9 cm³/mol. The Morgan fingerprint density at radius 2 is 1.41 bits per heavy atom. The first-order valence-corrected chi connectivity index (χ1v) is 6.69. The van der Waals surface area contributed by atoms with E-state index in [0.717, 1.165) is 25.7 Å². The molecule has 17 heavy (non-hydrogen) atoms. The molecule has 2 fully saturated rings. The van der Waals surface area contributed by atoms with Crippen molar-refractivity contribution in [3.8, 4) is 0 Å². The molecule has 96 valence electrons. The molecule has 2 saturated carbocycles. The fraction of sp³-hybridized carbons (Fsp3) is 0.846. The second kappa shape index (κ2) is 5.52. The fourth-order valence-corrected chi connectivity index (χ4v) is 3.11. The summed E-state index contributed by atoms with van der Waals surface area (Å²) >= 11 is 0. The molecule has 2 rings (SSSR count). The van der Waals surface area contributed by atoms with Gasteiger partial charge in [0.25, 0.3) is 0 Å². The average molecular weight is 238 g/mol. The molecule has 0 aromatic carbocycles. The highest BCUT2D eigenvalue weighted by atomic mass is 16.4. The third-order valence-corrected chi connectivity index (χ3v) is 4.11. The van der Waals surface area contributed by atoms with Crippen LogP contribution in [-0.4, -0.2) is 17.9 Å². The van der Waals surface area contributed by atoms with Gasteiger partial charge < -0.3 is 15.2 Å². The molecule has 1 amide bonds. The van der Waals surface area contributed by atoms with Crippen molar-refractivity contribution in [2.75, 3.05) is 0 Å². The second-order valence-corrected chi connectivity index (χ2v) is 5.31. The summed E-state index contributed by atoms with van der Waals surface area (Å²) in [5.41, 5.74) is 0. The summed E-state index contributed by atoms with van der Waals surface area (Å²) in [5.74, 6) is -2.07. The Balaban J connectivity index is 1.93. The molecule has 0 heterocycles. The van der Waals surface area contributed by atoms with Gasteiger partial charge in [-0.25, -0.2) is 0 Å². The molecule has 0 saturated heterocycles. The molecule has 0 bridgehead atoms. The number of carboxylic acid groups (broad SMARTS) is 1. The molecule has 4 nitrogen and oxygen atoms in total. The first kappa shape index (κ1) is 12.4. The topological polar surface area (TPSA) is 69.2 Å². The number of carboxylic acids is 1. The first-order valence-electron chi connectivity index (χ1n) is 6.69. The highest BCUT2D eigenvalue weighted by molar-refractivity contribution is 5.84. The SMILES string of the molecule is O=C(NC1CCCC1)[C@H]1CCCC[C@H]1C(=O)[O-]. The Bertz CT molecular complexity index is 297. The van der Waals surface area contributed by atoms with Gasteiger partial charge in [0, 0.05) is 23.8 Å². The number of aliphatic carboxylic acids is 1. The van der Waals surface area contributed by atoms with Gasteiger partial charge in [-0.1, -0.05) is 25.7 Å². The number of carbonyl (C=O) groups is 2. The molecular formula is C13H20NO3-. The molecular weight excluding hydrogens is 218 g/mol. The van der Waals surface area contributed by atoms with Gasteiger partial charge in [0.15, 0.2) is 0 Å². The Morgan fingerprint density at radius 1 is 0.882 bits per heavy atom. The van der Waals surface area contributed by atoms with Crippen LogP contribution in [-0.2, 0) is 9.59 Å². The van der Waals surface area contributed by atoms with E-state index >= 15 is 0 Å². The van der Waals surface area contributed by atoms with Gasteiger partial charge in [-0.05, 0) is 25.7 Å². The van der Waals surface area contributed by atoms with E-state index in [4.69, 9.17) is 0 Å². The maximum absolute atomic E-state index is 12.1. The Labute approximate surface area is 102 Å². The summed E-state index contributed by atoms with van der Waals surface area (Å²) < 4.78 is 0. The summed E-state index contributed by atoms with van der Waals surface area (Å²) in [5, 5.41) is 14.0. The van der Waals surface area contributed by atoms with Crippen LogP contribution in [0.1, 0.15) is 51.4 Å². The Hall–Kier alpha value is -1.06. The van der Waals surface area contributed by atoms with E-state index in [1.807, 2.05) is 0 Å². The summed E-state index contributed by atoms with van der Waals surface area (Å²) in [4.78, 5) is 23.1. The maximum Gasteiger partial charge on any atom is 0.223 e. The summed E-state index contributed by atoms with van der Waals surface area (Å²) in [6.07, 6.45) is 7.53. The van der Waals surface area contributed by atoms with Gasteiger partial charge in [0.1, 0.15) is 0 Å². The monoisotopic (exact) mass is 238 g/mol. The predicted octanol–water partition coefficient (Wildman–Crippen LogP) is 0.601. The van der Waals surface area contributed by atoms with Crippen LogP contribution in [0.25, 0.3) is 0 Å². The lowest BCUT2D eigenvalue weighted by Crippen LogP contribution is -2.46. The lowest BCUT2D eigenvalue weighted by Gasteiger charge is -2.32. The first-order chi connectivity index (χ1) is 8.18. The minimum atomic E-state index is -1.06. The van der Waals surface area contributed by atoms with Crippen molar-refractivity contribution in [3.05, 3.63) is 0 Å². The normalized spacial score (nSPS) is 30.1. The Kier molecular flexibility index (Phi) is 4.02. The molecule has 0 aliphatic heterocycles. The van der Waals surface area contributed by atoms with E-state index in [0.29, 0.717) is 12.8 Å². The van der Waals surface area contributed by atoms with Crippen LogP contribution in [0.15, 0.2) is 0 Å². The van der Waals surface area contributed by atoms with E-state index in [1.165, 1.54) is 12.8 Å². The molecule has 0 aromatic rings. The molecule has 1 N–H and O–H groups in total. The van der Waals surface area contributed by atoms with Crippen molar-refractivity contribution < 1.29 is 14.7 Å². The molecule has 0 aromatic heterocycles. The molecule has 0 unspecified atom stereocenters. The molecule has 2 aliphatic rings. The van der Waals surface area contributed by atoms with Crippen LogP contribution in [0.5, 0.6) is 0 Å². The highest BCUT2D eigenvalue weighted by Gasteiger charge is 2.32. The van der Waals surface area contributed by atoms with E-state index in [1.54, 1.807) is 0 Å². The Morgan fingerprint density at radius 3 is 2.00 bits per heavy atom. The summed E-state index contributed by atoms with van der Waals surface area (Å²) in [6.45, 7) is 0. The van der Waals surface area contributed by atoms with Gasteiger partial charge in [-0.3, -0.25) is 4.79 Å². The molecule has 0 radical (unpaired) electrons. The smallest absolute Gasteiger partial charge is 0.223 e. The maximum atomic E-state index is 12.1. The van der Waals surface area contributed by atoms with Crippen LogP contribution in [0.3, 0.4) is 0 Å². The van der Waals surface area contributed by atoms with Crippen molar-refractivity contribution in [2.24, 2.45) is 11.8 Å². The summed E-state index contributed by atoms with van der Waals surface area (Å²) in [7, 11) is 0. The van der Waals surface area contributed by atoms with E-state index < -0.39 is 11.9 Å². The zero-order chi connectivity index (χ0) is 12.3. The van der Waals surface area contributed by atoms with Crippen LogP contribution < -0.4 is 10.4 Å². The zero-order valence-electron chi connectivity index (χ0n) is 10.1. The number of hydrogen-bond acceptors (Lipinski definition) is 3. The van der Waals surface area contributed by atoms with Gasteiger partial charge >= 0.3 is 0 Å². The second-order valence-electron chi connectivity index (χ2n) is 5.31. The number of amides is 1. The number of rotatable bonds is 3. The molecule has 2 aliphatic carbocycles. The average Bonchev–Trinajstić information content (AvgIpc) is 2.81. The largest absolute Gasteiger partial charge is 0.550 e. The number of nitrogens with one attached hydrogen (secondary N) is 1. The van der Waals surface area contributed by atoms with Crippen LogP contribution in [0.4, 0.5) is 0 Å². The van der Waals surface area contributed by atoms with Crippen LogP contribution >= 0.6 is 0 Å². The fourth-order valence-electron chi connectivity index (χ4n) is 3.11. The van der Waals surface area contributed by atoms with Gasteiger partial charge in [-0.2, -0.15) is 0 Å². The van der Waals surface area contributed by atoms with Crippen LogP contribution in [0.2, 0.25) is 0 Å². The van der Waals surface area contributed by atoms with Crippen molar-refractivity contribution >= 4 is 11.9 Å². The molecule has 4 heteroatoms. The van der Waals surface area contributed by atoms with Gasteiger partial charge in [0.05, 0.1) is 0 Å². The number of hydrogen-bond donors (Lipinski definition) is 1. The van der Waals surface area contributed by atoms with E-state index in [9.17, 15) is 14.7 Å². The lowest BCUT2D eigenvalue weighted by molar-refractivity contribution is -0.314. The summed E-state index contributed by atoms with van der Waals surface area (Å²) in [6, 6.07) is 0.270. The van der Waals surface area contributed by atoms with Crippen LogP contribution in [0, 0.1) is 11.8 Å². The number of carbonyl (C=O) groups excluding carboxylic acids is 2. The standard InChI is InChI=1S/C13H21NO3/c15-12(14-9-5-1-2-6-9)10-7-3-4-8-11(10)13(16)17/h9-11H,1-8H2,(H,14,15)(H,16,17)/p-1/t10-,11+/m0/s1. The van der Waals surface area contributed by atoms with Crippen molar-refractivity contribution in [1.29, 1.82) is 0 Å². The molecule has 2 atom stereocenters. The van der Waals surface area contributed by atoms with E-state index in [2.05, 4.69) is 5.32 Å². The highest BCUT2D eigenvalue weighted by Crippen LogP contribution is 2.30. The minimum Gasteiger partial charge on any atom is -0.550 e. The van der Waals surface area contributed by atoms with Gasteiger partial charge in [0.2, 0.25) is 5.91 Å².